The predicted molar refractivity (Wildman–Crippen MR) is 132 cm³/mol. The summed E-state index contributed by atoms with van der Waals surface area (Å²) < 4.78 is 13.9. The van der Waals surface area contributed by atoms with Gasteiger partial charge in [-0.2, -0.15) is 0 Å². The Morgan fingerprint density at radius 2 is 1.79 bits per heavy atom. The lowest BCUT2D eigenvalue weighted by Crippen LogP contribution is -2.27. The lowest BCUT2D eigenvalue weighted by molar-refractivity contribution is 0.102. The van der Waals surface area contributed by atoms with E-state index in [-0.39, 0.29) is 13.0 Å². The van der Waals surface area contributed by atoms with E-state index < -0.39 is 11.7 Å². The molecule has 1 fully saturated rings. The molecule has 0 saturated carbocycles. The van der Waals surface area contributed by atoms with Crippen LogP contribution in [-0.2, 0) is 12.8 Å². The molecular weight excluding hydrogens is 439 g/mol. The maximum absolute atomic E-state index is 13.9. The first kappa shape index (κ1) is 24.4. The Bertz CT molecular complexity index is 1110. The van der Waals surface area contributed by atoms with Gasteiger partial charge in [0, 0.05) is 30.4 Å². The highest BCUT2D eigenvalue weighted by Crippen LogP contribution is 2.19. The summed E-state index contributed by atoms with van der Waals surface area (Å²) in [6.45, 7) is 1.89. The molecule has 0 spiro atoms. The van der Waals surface area contributed by atoms with E-state index in [0.717, 1.165) is 42.6 Å². The van der Waals surface area contributed by atoms with E-state index in [4.69, 9.17) is 17.0 Å². The fourth-order valence-electron chi connectivity index (χ4n) is 3.84. The highest BCUT2D eigenvalue weighted by Gasteiger charge is 2.17. The third-order valence-electron chi connectivity index (χ3n) is 5.62. The second-order valence-electron chi connectivity index (χ2n) is 7.86. The molecule has 172 valence electrons. The first-order valence-corrected chi connectivity index (χ1v) is 11.0. The minimum atomic E-state index is -0.465. The van der Waals surface area contributed by atoms with Crippen molar-refractivity contribution in [3.8, 4) is 0 Å². The third kappa shape index (κ3) is 6.17. The van der Waals surface area contributed by atoms with Crippen molar-refractivity contribution >= 4 is 29.2 Å². The summed E-state index contributed by atoms with van der Waals surface area (Å²) in [5, 5.41) is 11.5. The average molecular weight is 467 g/mol. The number of rotatable bonds is 6. The van der Waals surface area contributed by atoms with E-state index in [0.29, 0.717) is 29.5 Å². The first-order chi connectivity index (χ1) is 15.5. The number of anilines is 1. The van der Waals surface area contributed by atoms with Crippen LogP contribution in [0.3, 0.4) is 0 Å². The molecule has 5 nitrogen and oxygen atoms in total. The maximum Gasteiger partial charge on any atom is 0.257 e. The zero-order valence-electron chi connectivity index (χ0n) is 17.6. The summed E-state index contributed by atoms with van der Waals surface area (Å²) in [7, 11) is 0. The third-order valence-corrected chi connectivity index (χ3v) is 5.84. The van der Waals surface area contributed by atoms with Crippen LogP contribution in [0.1, 0.15) is 47.3 Å². The minimum Gasteiger partial charge on any atom is -0.357 e. The molecule has 1 aromatic heterocycles. The smallest absolute Gasteiger partial charge is 0.257 e. The summed E-state index contributed by atoms with van der Waals surface area (Å²) >= 11 is 5.83. The molecule has 0 aliphatic carbocycles. The second-order valence-corrected chi connectivity index (χ2v) is 8.29. The molecule has 0 bridgehead atoms. The van der Waals surface area contributed by atoms with Gasteiger partial charge in [0.1, 0.15) is 17.5 Å². The number of pyridine rings is 1. The van der Waals surface area contributed by atoms with Gasteiger partial charge in [-0.1, -0.05) is 49.4 Å². The summed E-state index contributed by atoms with van der Waals surface area (Å²) in [5.74, 6) is 0.0458. The molecule has 0 radical (unpaired) electrons. The van der Waals surface area contributed by atoms with Gasteiger partial charge in [-0.05, 0) is 61.1 Å². The van der Waals surface area contributed by atoms with Crippen LogP contribution in [0, 0.1) is 11.2 Å². The normalized spacial score (nSPS) is 12.8. The number of aromatic nitrogens is 1. The molecular formula is C26H28ClFN4O. The Kier molecular flexibility index (Phi) is 8.17. The van der Waals surface area contributed by atoms with E-state index in [2.05, 4.69) is 15.2 Å². The number of hydrogen-bond acceptors (Lipinski definition) is 3. The van der Waals surface area contributed by atoms with Gasteiger partial charge in [0.05, 0.1) is 5.02 Å². The van der Waals surface area contributed by atoms with Crippen molar-refractivity contribution in [2.24, 2.45) is 0 Å². The van der Waals surface area contributed by atoms with Gasteiger partial charge in [0.25, 0.3) is 5.91 Å². The molecule has 2 aromatic carbocycles. The van der Waals surface area contributed by atoms with Crippen molar-refractivity contribution in [1.82, 2.24) is 9.88 Å². The Balaban J connectivity index is 0.00000306. The second kappa shape index (κ2) is 11.1. The van der Waals surface area contributed by atoms with Gasteiger partial charge in [-0.15, -0.1) is 0 Å². The van der Waals surface area contributed by atoms with E-state index in [1.807, 2.05) is 24.3 Å². The van der Waals surface area contributed by atoms with Gasteiger partial charge < -0.3 is 10.2 Å². The van der Waals surface area contributed by atoms with Gasteiger partial charge >= 0.3 is 0 Å². The zero-order chi connectivity index (χ0) is 22.5. The summed E-state index contributed by atoms with van der Waals surface area (Å²) in [6.07, 6.45) is 5.00. The van der Waals surface area contributed by atoms with Gasteiger partial charge in [0.15, 0.2) is 0 Å². The fraction of sp³-hybridized carbons (Fsp3) is 0.269. The van der Waals surface area contributed by atoms with Crippen molar-refractivity contribution in [1.29, 1.82) is 5.41 Å². The van der Waals surface area contributed by atoms with Crippen LogP contribution < -0.4 is 5.32 Å². The lowest BCUT2D eigenvalue weighted by Gasteiger charge is -2.18. The number of benzene rings is 2. The highest BCUT2D eigenvalue weighted by molar-refractivity contribution is 6.30. The number of carbonyl (C=O) groups is 1. The lowest BCUT2D eigenvalue weighted by atomic mass is 9.98. The summed E-state index contributed by atoms with van der Waals surface area (Å²) in [6, 6.07) is 15.5. The van der Waals surface area contributed by atoms with Crippen molar-refractivity contribution in [3.05, 3.63) is 93.9 Å². The molecule has 1 saturated heterocycles. The number of hydrogen-bond donors (Lipinski definition) is 2. The fourth-order valence-corrected chi connectivity index (χ4v) is 3.95. The number of halogens is 2. The number of nitrogens with zero attached hydrogens (tertiary/aromatic N) is 2. The van der Waals surface area contributed by atoms with Crippen molar-refractivity contribution in [2.45, 2.75) is 33.1 Å². The Morgan fingerprint density at radius 3 is 2.45 bits per heavy atom. The van der Waals surface area contributed by atoms with Crippen LogP contribution in [0.25, 0.3) is 0 Å². The van der Waals surface area contributed by atoms with Gasteiger partial charge in [-0.25, -0.2) is 9.37 Å². The quantitative estimate of drug-likeness (QED) is 0.347. The standard InChI is InChI=1S/C25H24ClFN4O.CH4/c26-20-10-12-23(29-16-20)30-25(32)22-15-21(27)11-9-18(22)6-3-17-4-7-19(8-5-17)24(28)31-13-1-2-14-31;/h4-5,7-12,15-16,28H,1-3,6,13-14H2,(H,29,30,32);1H4. The SMILES string of the molecule is C.N=C(c1ccc(CCc2ccc(F)cc2C(=O)Nc2ccc(Cl)cn2)cc1)N1CCCC1. The highest BCUT2D eigenvalue weighted by atomic mass is 35.5. The Labute approximate surface area is 199 Å². The van der Waals surface area contributed by atoms with Crippen LogP contribution in [0.15, 0.2) is 60.8 Å². The summed E-state index contributed by atoms with van der Waals surface area (Å²) in [4.78, 5) is 18.9. The Hall–Kier alpha value is -3.25. The number of aryl methyl sites for hydroxylation is 2. The molecule has 2 N–H and O–H groups in total. The summed E-state index contributed by atoms with van der Waals surface area (Å²) in [5.41, 5.74) is 3.05. The van der Waals surface area contributed by atoms with Crippen molar-refractivity contribution in [3.63, 3.8) is 0 Å². The van der Waals surface area contributed by atoms with Crippen LogP contribution in [0.2, 0.25) is 5.02 Å². The van der Waals surface area contributed by atoms with E-state index in [1.165, 1.54) is 18.3 Å². The van der Waals surface area contributed by atoms with Crippen LogP contribution in [0.5, 0.6) is 0 Å². The molecule has 1 amide bonds. The molecule has 4 rings (SSSR count). The van der Waals surface area contributed by atoms with Crippen molar-refractivity contribution in [2.75, 3.05) is 18.4 Å². The number of nitrogens with one attached hydrogen (secondary N) is 2. The van der Waals surface area contributed by atoms with Gasteiger partial charge in [-0.3, -0.25) is 10.2 Å². The molecule has 3 aromatic rings. The van der Waals surface area contributed by atoms with Crippen LogP contribution in [-0.4, -0.2) is 34.7 Å². The van der Waals surface area contributed by atoms with Crippen LogP contribution >= 0.6 is 11.6 Å². The van der Waals surface area contributed by atoms with E-state index >= 15 is 0 Å². The molecule has 1 aliphatic heterocycles. The van der Waals surface area contributed by atoms with Crippen molar-refractivity contribution < 1.29 is 9.18 Å². The Morgan fingerprint density at radius 1 is 1.06 bits per heavy atom. The predicted octanol–water partition coefficient (Wildman–Crippen LogP) is 5.97. The molecule has 0 unspecified atom stereocenters. The molecule has 7 heteroatoms. The maximum atomic E-state index is 13.9. The van der Waals surface area contributed by atoms with Crippen LogP contribution in [0.4, 0.5) is 10.2 Å². The average Bonchev–Trinajstić information content (AvgIpc) is 3.34. The first-order valence-electron chi connectivity index (χ1n) is 10.6. The molecule has 2 heterocycles. The van der Waals surface area contributed by atoms with E-state index in [1.54, 1.807) is 18.2 Å². The monoisotopic (exact) mass is 466 g/mol. The number of likely N-dealkylation sites (tertiary alicyclic amines) is 1. The molecule has 1 aliphatic rings. The van der Waals surface area contributed by atoms with E-state index in [9.17, 15) is 9.18 Å². The molecule has 33 heavy (non-hydrogen) atoms. The zero-order valence-corrected chi connectivity index (χ0v) is 18.3. The number of carbonyl (C=O) groups excluding carboxylic acids is 1. The molecule has 0 atom stereocenters. The number of amides is 1. The largest absolute Gasteiger partial charge is 0.357 e. The number of amidine groups is 1. The minimum absolute atomic E-state index is 0. The topological polar surface area (TPSA) is 69.1 Å². The van der Waals surface area contributed by atoms with Gasteiger partial charge in [0.2, 0.25) is 0 Å².